The number of carbonyl (C=O) groups is 1. The molecular formula is C26H29N3O5. The van der Waals surface area contributed by atoms with Crippen LogP contribution in [0.3, 0.4) is 0 Å². The van der Waals surface area contributed by atoms with Gasteiger partial charge in [-0.05, 0) is 43.8 Å². The maximum absolute atomic E-state index is 13.3. The molecule has 1 N–H and O–H groups in total. The van der Waals surface area contributed by atoms with E-state index in [4.69, 9.17) is 14.5 Å². The third-order valence-corrected chi connectivity index (χ3v) is 7.07. The van der Waals surface area contributed by atoms with Gasteiger partial charge in [-0.3, -0.25) is 4.79 Å². The van der Waals surface area contributed by atoms with Crippen LogP contribution in [-0.2, 0) is 28.3 Å². The Kier molecular flexibility index (Phi) is 5.65. The standard InChI is InChI=1S/C26H29N3O5/c1-4-26(32)19-13-21-23-16(14-29(21)24(30)18(19)15-34-25(26)31)12-17-20(27-23)8-7-9-22(17)33-11-10-28(5-2)6-3/h7-9,12-13,32H,4-6,10-11,14-15H2,1-3H3. The summed E-state index contributed by atoms with van der Waals surface area (Å²) < 4.78 is 12.9. The third-order valence-electron chi connectivity index (χ3n) is 7.07. The third kappa shape index (κ3) is 3.40. The van der Waals surface area contributed by atoms with Crippen LogP contribution in [0.4, 0.5) is 0 Å². The molecule has 1 atom stereocenters. The number of hydrogen-bond acceptors (Lipinski definition) is 7. The summed E-state index contributed by atoms with van der Waals surface area (Å²) in [5.41, 5.74) is 1.52. The molecule has 2 aliphatic heterocycles. The first-order chi connectivity index (χ1) is 16.4. The van der Waals surface area contributed by atoms with Gasteiger partial charge in [0.05, 0.1) is 29.0 Å². The van der Waals surface area contributed by atoms with E-state index in [0.29, 0.717) is 35.7 Å². The van der Waals surface area contributed by atoms with Gasteiger partial charge >= 0.3 is 5.97 Å². The normalized spacial score (nSPS) is 18.6. The van der Waals surface area contributed by atoms with E-state index in [0.717, 1.165) is 41.9 Å². The molecule has 1 aromatic carbocycles. The van der Waals surface area contributed by atoms with Crippen molar-refractivity contribution in [2.45, 2.75) is 45.9 Å². The number of benzene rings is 1. The molecular weight excluding hydrogens is 434 g/mol. The van der Waals surface area contributed by atoms with E-state index in [-0.39, 0.29) is 18.6 Å². The van der Waals surface area contributed by atoms with Gasteiger partial charge in [0.2, 0.25) is 0 Å². The molecule has 3 aromatic rings. The molecule has 178 valence electrons. The van der Waals surface area contributed by atoms with Gasteiger partial charge in [-0.2, -0.15) is 0 Å². The molecule has 0 radical (unpaired) electrons. The van der Waals surface area contributed by atoms with E-state index in [1.54, 1.807) is 17.6 Å². The number of carbonyl (C=O) groups excluding carboxylic acids is 1. The Morgan fingerprint density at radius 3 is 2.74 bits per heavy atom. The number of ether oxygens (including phenoxy) is 2. The molecule has 8 heteroatoms. The molecule has 4 heterocycles. The maximum Gasteiger partial charge on any atom is 0.343 e. The second-order valence-corrected chi connectivity index (χ2v) is 8.80. The van der Waals surface area contributed by atoms with Crippen LogP contribution in [0.15, 0.2) is 35.1 Å². The second kappa shape index (κ2) is 8.52. The average Bonchev–Trinajstić information content (AvgIpc) is 3.21. The number of aromatic nitrogens is 2. The van der Waals surface area contributed by atoms with Crippen LogP contribution in [0.1, 0.15) is 43.9 Å². The predicted molar refractivity (Wildman–Crippen MR) is 128 cm³/mol. The highest BCUT2D eigenvalue weighted by Crippen LogP contribution is 2.39. The van der Waals surface area contributed by atoms with Crippen molar-refractivity contribution < 1.29 is 19.4 Å². The van der Waals surface area contributed by atoms with Crippen molar-refractivity contribution in [2.24, 2.45) is 0 Å². The lowest BCUT2D eigenvalue weighted by atomic mass is 9.86. The van der Waals surface area contributed by atoms with Gasteiger partial charge < -0.3 is 24.0 Å². The van der Waals surface area contributed by atoms with Crippen molar-refractivity contribution in [3.63, 3.8) is 0 Å². The highest BCUT2D eigenvalue weighted by Gasteiger charge is 2.45. The minimum Gasteiger partial charge on any atom is -0.492 e. The van der Waals surface area contributed by atoms with Crippen molar-refractivity contribution in [2.75, 3.05) is 26.2 Å². The Morgan fingerprint density at radius 1 is 1.21 bits per heavy atom. The summed E-state index contributed by atoms with van der Waals surface area (Å²) >= 11 is 0. The summed E-state index contributed by atoms with van der Waals surface area (Å²) in [6.45, 7) is 9.57. The molecule has 0 saturated carbocycles. The minimum absolute atomic E-state index is 0.119. The number of rotatable bonds is 7. The quantitative estimate of drug-likeness (QED) is 0.421. The van der Waals surface area contributed by atoms with E-state index in [1.165, 1.54) is 0 Å². The number of aliphatic hydroxyl groups is 1. The number of pyridine rings is 2. The number of nitrogens with zero attached hydrogens (tertiary/aromatic N) is 3. The zero-order valence-corrected chi connectivity index (χ0v) is 19.8. The maximum atomic E-state index is 13.3. The van der Waals surface area contributed by atoms with E-state index < -0.39 is 11.6 Å². The number of hydrogen-bond donors (Lipinski definition) is 1. The van der Waals surface area contributed by atoms with Gasteiger partial charge in [-0.15, -0.1) is 0 Å². The fraction of sp³-hybridized carbons (Fsp3) is 0.423. The summed E-state index contributed by atoms with van der Waals surface area (Å²) in [6.07, 6.45) is 0.119. The monoisotopic (exact) mass is 463 g/mol. The second-order valence-electron chi connectivity index (χ2n) is 8.80. The van der Waals surface area contributed by atoms with Crippen LogP contribution in [-0.4, -0.2) is 51.8 Å². The fourth-order valence-electron chi connectivity index (χ4n) is 4.93. The lowest BCUT2D eigenvalue weighted by molar-refractivity contribution is -0.172. The number of esters is 1. The summed E-state index contributed by atoms with van der Waals surface area (Å²) in [6, 6.07) is 9.54. The fourth-order valence-corrected chi connectivity index (χ4v) is 4.93. The Bertz CT molecular complexity index is 1340. The van der Waals surface area contributed by atoms with Crippen molar-refractivity contribution in [3.8, 4) is 17.1 Å². The first kappa shape index (κ1) is 22.6. The molecule has 8 nitrogen and oxygen atoms in total. The number of cyclic esters (lactones) is 1. The Morgan fingerprint density at radius 2 is 2.00 bits per heavy atom. The predicted octanol–water partition coefficient (Wildman–Crippen LogP) is 2.80. The van der Waals surface area contributed by atoms with Crippen LogP contribution >= 0.6 is 0 Å². The number of likely N-dealkylation sites (N-methyl/N-ethyl adjacent to an activating group) is 1. The van der Waals surface area contributed by atoms with Crippen LogP contribution in [0, 0.1) is 0 Å². The number of fused-ring (bicyclic) bond motifs is 5. The summed E-state index contributed by atoms with van der Waals surface area (Å²) in [4.78, 5) is 32.8. The molecule has 0 bridgehead atoms. The van der Waals surface area contributed by atoms with Gasteiger partial charge in [0.1, 0.15) is 19.0 Å². The van der Waals surface area contributed by atoms with Gasteiger partial charge in [0.15, 0.2) is 5.60 Å². The topological polar surface area (TPSA) is 93.9 Å². The lowest BCUT2D eigenvalue weighted by Crippen LogP contribution is -2.44. The van der Waals surface area contributed by atoms with Gasteiger partial charge in [0.25, 0.3) is 5.56 Å². The zero-order valence-electron chi connectivity index (χ0n) is 19.8. The molecule has 2 aliphatic rings. The Balaban J connectivity index is 1.56. The molecule has 34 heavy (non-hydrogen) atoms. The molecule has 0 amide bonds. The first-order valence-electron chi connectivity index (χ1n) is 11.9. The first-order valence-corrected chi connectivity index (χ1v) is 11.9. The summed E-state index contributed by atoms with van der Waals surface area (Å²) in [7, 11) is 0. The molecule has 0 spiro atoms. The van der Waals surface area contributed by atoms with E-state index in [1.807, 2.05) is 24.3 Å². The van der Waals surface area contributed by atoms with Crippen LogP contribution in [0.5, 0.6) is 5.75 Å². The van der Waals surface area contributed by atoms with Gasteiger partial charge in [0, 0.05) is 23.1 Å². The SMILES string of the molecule is CCN(CC)CCOc1cccc2nc3c(cc12)Cn1c-3cc2c(c1=O)COC(=O)C2(O)CC. The van der Waals surface area contributed by atoms with Crippen molar-refractivity contribution in [1.29, 1.82) is 0 Å². The molecule has 0 fully saturated rings. The highest BCUT2D eigenvalue weighted by molar-refractivity contribution is 5.89. The van der Waals surface area contributed by atoms with Crippen molar-refractivity contribution in [3.05, 3.63) is 57.4 Å². The average molecular weight is 464 g/mol. The van der Waals surface area contributed by atoms with Crippen LogP contribution in [0.25, 0.3) is 22.3 Å². The van der Waals surface area contributed by atoms with E-state index in [9.17, 15) is 14.7 Å². The molecule has 2 aromatic heterocycles. The molecule has 1 unspecified atom stereocenters. The molecule has 5 rings (SSSR count). The van der Waals surface area contributed by atoms with Gasteiger partial charge in [-0.25, -0.2) is 9.78 Å². The molecule has 0 saturated heterocycles. The Labute approximate surface area is 197 Å². The lowest BCUT2D eigenvalue weighted by Gasteiger charge is -2.31. The summed E-state index contributed by atoms with van der Waals surface area (Å²) in [5, 5.41) is 11.9. The molecule has 0 aliphatic carbocycles. The van der Waals surface area contributed by atoms with Crippen LogP contribution in [0.2, 0.25) is 0 Å². The van der Waals surface area contributed by atoms with Crippen LogP contribution < -0.4 is 10.3 Å². The van der Waals surface area contributed by atoms with E-state index in [2.05, 4.69) is 18.7 Å². The Hall–Kier alpha value is -3.23. The smallest absolute Gasteiger partial charge is 0.343 e. The highest BCUT2D eigenvalue weighted by atomic mass is 16.6. The van der Waals surface area contributed by atoms with Gasteiger partial charge in [-0.1, -0.05) is 26.8 Å². The zero-order chi connectivity index (χ0) is 24.0. The van der Waals surface area contributed by atoms with Crippen molar-refractivity contribution in [1.82, 2.24) is 14.5 Å². The summed E-state index contributed by atoms with van der Waals surface area (Å²) in [5.74, 6) is 0.0463. The largest absolute Gasteiger partial charge is 0.492 e. The minimum atomic E-state index is -1.83. The van der Waals surface area contributed by atoms with E-state index >= 15 is 0 Å². The van der Waals surface area contributed by atoms with Crippen molar-refractivity contribution >= 4 is 16.9 Å².